The molecule has 0 aliphatic rings. The number of carboxylic acid groups (broad SMARTS) is 2. The highest BCUT2D eigenvalue weighted by Crippen LogP contribution is 2.40. The number of carboxylic acids is 2. The van der Waals surface area contributed by atoms with Crippen LogP contribution in [0.4, 0.5) is 0 Å². The number of hydrogen-bond acceptors (Lipinski definition) is 2. The lowest BCUT2D eigenvalue weighted by Crippen LogP contribution is -2.27. The zero-order valence-corrected chi connectivity index (χ0v) is 16.8. The Morgan fingerprint density at radius 2 is 1.29 bits per heavy atom. The van der Waals surface area contributed by atoms with Crippen LogP contribution in [0.2, 0.25) is 0 Å². The lowest BCUT2D eigenvalue weighted by atomic mass is 9.74. The van der Waals surface area contributed by atoms with Gasteiger partial charge in [0.15, 0.2) is 0 Å². The number of carbonyl (C=O) groups is 2. The zero-order chi connectivity index (χ0) is 20.7. The van der Waals surface area contributed by atoms with Gasteiger partial charge in [-0.15, -0.1) is 0 Å². The molecule has 150 valence electrons. The van der Waals surface area contributed by atoms with Crippen LogP contribution >= 0.6 is 0 Å². The lowest BCUT2D eigenvalue weighted by molar-refractivity contribution is -0.147. The minimum Gasteiger partial charge on any atom is -0.481 e. The maximum atomic E-state index is 11.7. The molecule has 2 aromatic carbocycles. The molecule has 3 atom stereocenters. The van der Waals surface area contributed by atoms with Gasteiger partial charge in [-0.2, -0.15) is 0 Å². The van der Waals surface area contributed by atoms with Gasteiger partial charge >= 0.3 is 11.9 Å². The summed E-state index contributed by atoms with van der Waals surface area (Å²) in [7, 11) is 0. The summed E-state index contributed by atoms with van der Waals surface area (Å²) < 4.78 is 0. The molecule has 0 heterocycles. The van der Waals surface area contributed by atoms with E-state index in [0.717, 1.165) is 11.1 Å². The van der Waals surface area contributed by atoms with E-state index in [1.165, 1.54) is 0 Å². The molecule has 2 rings (SSSR count). The molecular weight excluding hydrogens is 352 g/mol. The van der Waals surface area contributed by atoms with Gasteiger partial charge in [0, 0.05) is 0 Å². The van der Waals surface area contributed by atoms with E-state index in [1.807, 2.05) is 60.7 Å². The summed E-state index contributed by atoms with van der Waals surface area (Å²) in [5.41, 5.74) is 1.34. The summed E-state index contributed by atoms with van der Waals surface area (Å²) in [6, 6.07) is 19.9. The first-order chi connectivity index (χ1) is 13.2. The van der Waals surface area contributed by atoms with Crippen molar-refractivity contribution in [3.63, 3.8) is 0 Å². The highest BCUT2D eigenvalue weighted by atomic mass is 16.4. The summed E-state index contributed by atoms with van der Waals surface area (Å²) in [6.07, 6.45) is 1.73. The quantitative estimate of drug-likeness (QED) is 0.564. The number of aliphatic carboxylic acids is 2. The standard InChI is InChI=1S/C24H30O4/c1-17(22(25)26)14-20(18-10-6-4-7-11-18)15-21(16-24(2,3)23(27)28)19-12-8-5-9-13-19/h4-13,17,20-21H,14-16H2,1-3H3,(H,25,26)(H,27,28). The molecule has 0 aromatic heterocycles. The molecule has 3 unspecified atom stereocenters. The van der Waals surface area contributed by atoms with Crippen molar-refractivity contribution in [2.24, 2.45) is 11.3 Å². The molecule has 0 amide bonds. The number of benzene rings is 2. The normalized spacial score (nSPS) is 14.8. The molecule has 2 N–H and O–H groups in total. The Hall–Kier alpha value is -2.62. The van der Waals surface area contributed by atoms with Gasteiger partial charge in [-0.3, -0.25) is 9.59 Å². The van der Waals surface area contributed by atoms with Gasteiger partial charge in [0.1, 0.15) is 0 Å². The van der Waals surface area contributed by atoms with Gasteiger partial charge in [-0.25, -0.2) is 0 Å². The maximum absolute atomic E-state index is 11.7. The molecule has 0 saturated heterocycles. The fourth-order valence-electron chi connectivity index (χ4n) is 3.73. The van der Waals surface area contributed by atoms with Crippen LogP contribution in [-0.4, -0.2) is 22.2 Å². The van der Waals surface area contributed by atoms with Crippen molar-refractivity contribution in [3.05, 3.63) is 71.8 Å². The first kappa shape index (κ1) is 21.7. The Balaban J connectivity index is 2.36. The Morgan fingerprint density at radius 3 is 1.71 bits per heavy atom. The molecule has 0 fully saturated rings. The van der Waals surface area contributed by atoms with E-state index in [4.69, 9.17) is 0 Å². The summed E-state index contributed by atoms with van der Waals surface area (Å²) in [5, 5.41) is 19.0. The lowest BCUT2D eigenvalue weighted by Gasteiger charge is -2.30. The fraction of sp³-hybridized carbons (Fsp3) is 0.417. The van der Waals surface area contributed by atoms with Crippen molar-refractivity contribution in [2.45, 2.75) is 51.9 Å². The monoisotopic (exact) mass is 382 g/mol. The van der Waals surface area contributed by atoms with E-state index in [2.05, 4.69) is 0 Å². The Labute approximate surface area is 167 Å². The number of rotatable bonds is 10. The van der Waals surface area contributed by atoms with E-state index in [1.54, 1.807) is 20.8 Å². The zero-order valence-electron chi connectivity index (χ0n) is 16.8. The second-order valence-corrected chi connectivity index (χ2v) is 8.32. The maximum Gasteiger partial charge on any atom is 0.309 e. The third kappa shape index (κ3) is 5.95. The summed E-state index contributed by atoms with van der Waals surface area (Å²) in [5.74, 6) is -2.01. The van der Waals surface area contributed by atoms with Gasteiger partial charge in [0.05, 0.1) is 11.3 Å². The fourth-order valence-corrected chi connectivity index (χ4v) is 3.73. The van der Waals surface area contributed by atoms with Gasteiger partial charge in [-0.05, 0) is 56.1 Å². The van der Waals surface area contributed by atoms with Crippen LogP contribution < -0.4 is 0 Å². The predicted octanol–water partition coefficient (Wildman–Crippen LogP) is 5.56. The minimum atomic E-state index is -0.861. The van der Waals surface area contributed by atoms with Crippen molar-refractivity contribution in [3.8, 4) is 0 Å². The van der Waals surface area contributed by atoms with Crippen molar-refractivity contribution in [2.75, 3.05) is 0 Å². The van der Waals surface area contributed by atoms with Gasteiger partial charge in [0.2, 0.25) is 0 Å². The molecule has 2 aromatic rings. The molecule has 0 spiro atoms. The topological polar surface area (TPSA) is 74.6 Å². The largest absolute Gasteiger partial charge is 0.481 e. The van der Waals surface area contributed by atoms with Gasteiger partial charge in [-0.1, -0.05) is 67.6 Å². The van der Waals surface area contributed by atoms with Crippen LogP contribution in [0.3, 0.4) is 0 Å². The van der Waals surface area contributed by atoms with Crippen LogP contribution in [0.25, 0.3) is 0 Å². The van der Waals surface area contributed by atoms with Crippen LogP contribution in [0, 0.1) is 11.3 Å². The highest BCUT2D eigenvalue weighted by Gasteiger charge is 2.33. The van der Waals surface area contributed by atoms with Crippen molar-refractivity contribution >= 4 is 11.9 Å². The molecule has 4 nitrogen and oxygen atoms in total. The van der Waals surface area contributed by atoms with Crippen LogP contribution in [0.1, 0.15) is 63.0 Å². The third-order valence-corrected chi connectivity index (χ3v) is 5.51. The SMILES string of the molecule is CC(CC(CC(CC(C)(C)C(=O)O)c1ccccc1)c1ccccc1)C(=O)O. The second kappa shape index (κ2) is 9.54. The first-order valence-electron chi connectivity index (χ1n) is 9.76. The summed E-state index contributed by atoms with van der Waals surface area (Å²) in [6.45, 7) is 5.24. The molecule has 28 heavy (non-hydrogen) atoms. The molecular formula is C24H30O4. The first-order valence-corrected chi connectivity index (χ1v) is 9.76. The van der Waals surface area contributed by atoms with E-state index in [9.17, 15) is 19.8 Å². The molecule has 4 heteroatoms. The van der Waals surface area contributed by atoms with Crippen LogP contribution in [0.5, 0.6) is 0 Å². The van der Waals surface area contributed by atoms with Gasteiger partial charge in [0.25, 0.3) is 0 Å². The molecule has 0 bridgehead atoms. The molecule has 0 radical (unpaired) electrons. The van der Waals surface area contributed by atoms with Crippen molar-refractivity contribution < 1.29 is 19.8 Å². The second-order valence-electron chi connectivity index (χ2n) is 8.32. The molecule has 0 aliphatic heterocycles. The van der Waals surface area contributed by atoms with Crippen molar-refractivity contribution in [1.29, 1.82) is 0 Å². The minimum absolute atomic E-state index is 0.0264. The van der Waals surface area contributed by atoms with Crippen molar-refractivity contribution in [1.82, 2.24) is 0 Å². The smallest absolute Gasteiger partial charge is 0.309 e. The molecule has 0 saturated carbocycles. The average molecular weight is 383 g/mol. The highest BCUT2D eigenvalue weighted by molar-refractivity contribution is 5.73. The Kier molecular flexibility index (Phi) is 7.38. The van der Waals surface area contributed by atoms with E-state index < -0.39 is 23.3 Å². The van der Waals surface area contributed by atoms with Crippen LogP contribution in [-0.2, 0) is 9.59 Å². The molecule has 0 aliphatic carbocycles. The van der Waals surface area contributed by atoms with E-state index >= 15 is 0 Å². The Morgan fingerprint density at radius 1 is 0.821 bits per heavy atom. The van der Waals surface area contributed by atoms with E-state index in [-0.39, 0.29) is 11.8 Å². The number of hydrogen-bond donors (Lipinski definition) is 2. The Bertz CT molecular complexity index is 768. The average Bonchev–Trinajstić information content (AvgIpc) is 2.67. The summed E-state index contributed by atoms with van der Waals surface area (Å²) in [4.78, 5) is 23.2. The van der Waals surface area contributed by atoms with Crippen LogP contribution in [0.15, 0.2) is 60.7 Å². The van der Waals surface area contributed by atoms with Gasteiger partial charge < -0.3 is 10.2 Å². The summed E-state index contributed by atoms with van der Waals surface area (Å²) >= 11 is 0. The predicted molar refractivity (Wildman–Crippen MR) is 110 cm³/mol. The van der Waals surface area contributed by atoms with E-state index in [0.29, 0.717) is 19.3 Å². The third-order valence-electron chi connectivity index (χ3n) is 5.51.